The van der Waals surface area contributed by atoms with Gasteiger partial charge in [0.05, 0.1) is 13.2 Å². The van der Waals surface area contributed by atoms with Crippen molar-refractivity contribution in [3.63, 3.8) is 0 Å². The van der Waals surface area contributed by atoms with E-state index < -0.39 is 0 Å². The summed E-state index contributed by atoms with van der Waals surface area (Å²) in [7, 11) is 0. The number of morpholine rings is 1. The molecule has 1 aliphatic heterocycles. The number of hydrogen-bond acceptors (Lipinski definition) is 3. The highest BCUT2D eigenvalue weighted by molar-refractivity contribution is 5.75. The molecule has 0 aromatic heterocycles. The number of rotatable bonds is 3. The standard InChI is InChI=1S/C20H28N2O3/c23-16-8-4-7-15(11-16)19-13-22(9-10-25-19)20(24)21-18-12-17(18)14-5-2-1-3-6-14/h4,7-8,11,14,17-19,23H,1-3,5-6,9-10,12-13H2,(H,21,24). The molecule has 2 saturated carbocycles. The maximum absolute atomic E-state index is 12.6. The Morgan fingerprint density at radius 3 is 2.88 bits per heavy atom. The number of nitrogens with zero attached hydrogens (tertiary/aromatic N) is 1. The Morgan fingerprint density at radius 1 is 1.24 bits per heavy atom. The maximum Gasteiger partial charge on any atom is 0.317 e. The molecule has 3 atom stereocenters. The van der Waals surface area contributed by atoms with Gasteiger partial charge >= 0.3 is 6.03 Å². The lowest BCUT2D eigenvalue weighted by atomic mass is 9.85. The molecule has 2 amide bonds. The minimum absolute atomic E-state index is 0.0387. The average molecular weight is 344 g/mol. The Hall–Kier alpha value is -1.75. The van der Waals surface area contributed by atoms with Gasteiger partial charge in [0.25, 0.3) is 0 Å². The van der Waals surface area contributed by atoms with Gasteiger partial charge in [0.15, 0.2) is 0 Å². The molecule has 5 heteroatoms. The van der Waals surface area contributed by atoms with Crippen molar-refractivity contribution in [1.29, 1.82) is 0 Å². The van der Waals surface area contributed by atoms with E-state index in [-0.39, 0.29) is 17.9 Å². The lowest BCUT2D eigenvalue weighted by Gasteiger charge is -2.33. The molecular formula is C20H28N2O3. The van der Waals surface area contributed by atoms with Crippen LogP contribution in [0.25, 0.3) is 0 Å². The fourth-order valence-electron chi connectivity index (χ4n) is 4.47. The summed E-state index contributed by atoms with van der Waals surface area (Å²) in [6, 6.07) is 7.52. The number of phenolic OH excluding ortho intramolecular Hbond substituents is 1. The lowest BCUT2D eigenvalue weighted by Crippen LogP contribution is -2.48. The molecule has 0 radical (unpaired) electrons. The zero-order valence-corrected chi connectivity index (χ0v) is 14.7. The van der Waals surface area contributed by atoms with E-state index >= 15 is 0 Å². The Balaban J connectivity index is 1.30. The molecule has 5 nitrogen and oxygen atoms in total. The van der Waals surface area contributed by atoms with Crippen LogP contribution in [0.4, 0.5) is 4.79 Å². The van der Waals surface area contributed by atoms with Crippen molar-refractivity contribution < 1.29 is 14.6 Å². The van der Waals surface area contributed by atoms with Crippen LogP contribution < -0.4 is 5.32 Å². The largest absolute Gasteiger partial charge is 0.508 e. The van der Waals surface area contributed by atoms with Crippen LogP contribution in [0.5, 0.6) is 5.75 Å². The summed E-state index contributed by atoms with van der Waals surface area (Å²) >= 11 is 0. The minimum atomic E-state index is -0.167. The van der Waals surface area contributed by atoms with Crippen molar-refractivity contribution in [1.82, 2.24) is 10.2 Å². The molecule has 2 N–H and O–H groups in total. The van der Waals surface area contributed by atoms with Crippen molar-refractivity contribution >= 4 is 6.03 Å². The molecule has 3 fully saturated rings. The fraction of sp³-hybridized carbons (Fsp3) is 0.650. The van der Waals surface area contributed by atoms with Crippen LogP contribution in [0.2, 0.25) is 0 Å². The Morgan fingerprint density at radius 2 is 2.08 bits per heavy atom. The molecule has 1 heterocycles. The smallest absolute Gasteiger partial charge is 0.317 e. The van der Waals surface area contributed by atoms with Crippen LogP contribution in [-0.2, 0) is 4.74 Å². The maximum atomic E-state index is 12.6. The topological polar surface area (TPSA) is 61.8 Å². The lowest BCUT2D eigenvalue weighted by molar-refractivity contribution is -0.0156. The zero-order valence-electron chi connectivity index (χ0n) is 14.7. The van der Waals surface area contributed by atoms with E-state index in [2.05, 4.69) is 5.32 Å². The second-order valence-corrected chi connectivity index (χ2v) is 7.75. The van der Waals surface area contributed by atoms with Crippen molar-refractivity contribution in [2.45, 2.75) is 50.7 Å². The van der Waals surface area contributed by atoms with Crippen molar-refractivity contribution in [2.75, 3.05) is 19.7 Å². The number of amides is 2. The SMILES string of the molecule is O=C(NC1CC1C1CCCCC1)N1CCOC(c2cccc(O)c2)C1. The first-order valence-electron chi connectivity index (χ1n) is 9.66. The normalized spacial score (nSPS) is 30.1. The van der Waals surface area contributed by atoms with Crippen molar-refractivity contribution in [3.05, 3.63) is 29.8 Å². The number of phenols is 1. The van der Waals surface area contributed by atoms with E-state index in [1.165, 1.54) is 32.1 Å². The number of hydrogen-bond donors (Lipinski definition) is 2. The van der Waals surface area contributed by atoms with Gasteiger partial charge in [0.2, 0.25) is 0 Å². The van der Waals surface area contributed by atoms with Gasteiger partial charge in [-0.3, -0.25) is 0 Å². The van der Waals surface area contributed by atoms with E-state index in [1.807, 2.05) is 17.0 Å². The quantitative estimate of drug-likeness (QED) is 0.883. The fourth-order valence-corrected chi connectivity index (χ4v) is 4.47. The number of aromatic hydroxyl groups is 1. The Kier molecular flexibility index (Phi) is 4.84. The highest BCUT2D eigenvalue weighted by atomic mass is 16.5. The second kappa shape index (κ2) is 7.24. The Bertz CT molecular complexity index is 615. The molecule has 25 heavy (non-hydrogen) atoms. The third-order valence-corrected chi connectivity index (χ3v) is 6.00. The molecule has 3 unspecified atom stereocenters. The zero-order chi connectivity index (χ0) is 17.2. The first kappa shape index (κ1) is 16.7. The highest BCUT2D eigenvalue weighted by Crippen LogP contribution is 2.44. The number of nitrogens with one attached hydrogen (secondary N) is 1. The first-order valence-corrected chi connectivity index (χ1v) is 9.66. The van der Waals surface area contributed by atoms with Crippen LogP contribution in [0.3, 0.4) is 0 Å². The molecule has 0 spiro atoms. The number of urea groups is 1. The van der Waals surface area contributed by atoms with Gasteiger partial charge in [-0.15, -0.1) is 0 Å². The predicted octanol–water partition coefficient (Wildman–Crippen LogP) is 3.44. The highest BCUT2D eigenvalue weighted by Gasteiger charge is 2.44. The molecule has 1 aromatic rings. The van der Waals surface area contributed by atoms with E-state index in [0.29, 0.717) is 31.7 Å². The van der Waals surface area contributed by atoms with Gasteiger partial charge in [0, 0.05) is 12.6 Å². The van der Waals surface area contributed by atoms with Gasteiger partial charge in [-0.1, -0.05) is 44.2 Å². The van der Waals surface area contributed by atoms with Crippen LogP contribution in [0.15, 0.2) is 24.3 Å². The molecule has 0 bridgehead atoms. The molecule has 1 aromatic carbocycles. The molecule has 2 aliphatic carbocycles. The monoisotopic (exact) mass is 344 g/mol. The third-order valence-electron chi connectivity index (χ3n) is 6.00. The number of ether oxygens (including phenoxy) is 1. The van der Waals surface area contributed by atoms with Crippen LogP contribution in [-0.4, -0.2) is 41.8 Å². The summed E-state index contributed by atoms with van der Waals surface area (Å²) in [4.78, 5) is 14.5. The summed E-state index contributed by atoms with van der Waals surface area (Å²) in [6.45, 7) is 1.70. The molecular weight excluding hydrogens is 316 g/mol. The van der Waals surface area contributed by atoms with Gasteiger partial charge in [-0.2, -0.15) is 0 Å². The van der Waals surface area contributed by atoms with Crippen LogP contribution >= 0.6 is 0 Å². The second-order valence-electron chi connectivity index (χ2n) is 7.75. The first-order chi connectivity index (χ1) is 12.2. The summed E-state index contributed by atoms with van der Waals surface area (Å²) in [6.07, 6.45) is 7.76. The number of carbonyl (C=O) groups is 1. The molecule has 3 aliphatic rings. The Labute approximate surface area is 149 Å². The third kappa shape index (κ3) is 3.92. The molecule has 1 saturated heterocycles. The summed E-state index contributed by atoms with van der Waals surface area (Å²) in [5, 5.41) is 12.9. The van der Waals surface area contributed by atoms with Gasteiger partial charge in [-0.05, 0) is 36.0 Å². The van der Waals surface area contributed by atoms with Crippen LogP contribution in [0, 0.1) is 11.8 Å². The average Bonchev–Trinajstić information content (AvgIpc) is 3.42. The summed E-state index contributed by atoms with van der Waals surface area (Å²) in [5.74, 6) is 1.76. The summed E-state index contributed by atoms with van der Waals surface area (Å²) in [5.41, 5.74) is 0.920. The molecule has 4 rings (SSSR count). The molecule has 136 valence electrons. The summed E-state index contributed by atoms with van der Waals surface area (Å²) < 4.78 is 5.80. The van der Waals surface area contributed by atoms with Gasteiger partial charge in [0.1, 0.15) is 11.9 Å². The number of benzene rings is 1. The van der Waals surface area contributed by atoms with Gasteiger partial charge in [-0.25, -0.2) is 4.79 Å². The van der Waals surface area contributed by atoms with E-state index in [4.69, 9.17) is 4.74 Å². The van der Waals surface area contributed by atoms with E-state index in [9.17, 15) is 9.90 Å². The van der Waals surface area contributed by atoms with E-state index in [0.717, 1.165) is 17.9 Å². The van der Waals surface area contributed by atoms with Crippen molar-refractivity contribution in [2.24, 2.45) is 11.8 Å². The predicted molar refractivity (Wildman–Crippen MR) is 95.4 cm³/mol. The van der Waals surface area contributed by atoms with Gasteiger partial charge < -0.3 is 20.1 Å². The van der Waals surface area contributed by atoms with Crippen molar-refractivity contribution in [3.8, 4) is 5.75 Å². The van der Waals surface area contributed by atoms with Crippen LogP contribution in [0.1, 0.15) is 50.2 Å². The van der Waals surface area contributed by atoms with E-state index in [1.54, 1.807) is 12.1 Å². The number of carbonyl (C=O) groups excluding carboxylic acids is 1. The minimum Gasteiger partial charge on any atom is -0.508 e.